The van der Waals surface area contributed by atoms with Crippen LogP contribution in [-0.2, 0) is 15.7 Å². The molecule has 246 valence electrons. The second-order valence-electron chi connectivity index (χ2n) is 10.2. The fraction of sp³-hybridized carbons (Fsp3) is 0.357. The van der Waals surface area contributed by atoms with Gasteiger partial charge in [-0.3, -0.25) is 4.68 Å². The normalized spacial score (nSPS) is 21.9. The van der Waals surface area contributed by atoms with Gasteiger partial charge in [-0.25, -0.2) is 27.6 Å². The average molecular weight is 676 g/mol. The molecule has 2 aromatic heterocycles. The van der Waals surface area contributed by atoms with Crippen molar-refractivity contribution in [1.82, 2.24) is 24.5 Å². The molecule has 0 bridgehead atoms. The maximum Gasteiger partial charge on any atom is 0.418 e. The Balaban J connectivity index is 1.66. The first-order valence-corrected chi connectivity index (χ1v) is 13.9. The van der Waals surface area contributed by atoms with Crippen molar-refractivity contribution >= 4 is 17.6 Å². The molecule has 3 N–H and O–H groups in total. The third-order valence-corrected chi connectivity index (χ3v) is 7.41. The summed E-state index contributed by atoms with van der Waals surface area (Å²) in [5.74, 6) is -6.45. The van der Waals surface area contributed by atoms with E-state index in [2.05, 4.69) is 15.2 Å². The molecule has 0 spiro atoms. The molecular weight excluding hydrogens is 652 g/mol. The smallest absolute Gasteiger partial charge is 0.418 e. The molecule has 1 aliphatic heterocycles. The summed E-state index contributed by atoms with van der Waals surface area (Å²) in [6.07, 6.45) is -10.8. The van der Waals surface area contributed by atoms with Gasteiger partial charge in [0.25, 0.3) is 0 Å². The first kappa shape index (κ1) is 33.3. The lowest BCUT2D eigenvalue weighted by Crippen LogP contribution is -2.53. The summed E-state index contributed by atoms with van der Waals surface area (Å²) >= 11 is 6.01. The molecule has 1 saturated heterocycles. The van der Waals surface area contributed by atoms with Crippen LogP contribution in [0.5, 0.6) is 0 Å². The fourth-order valence-electron chi connectivity index (χ4n) is 5.16. The van der Waals surface area contributed by atoms with Crippen LogP contribution in [0.2, 0.25) is 5.02 Å². The predicted octanol–water partition coefficient (Wildman–Crippen LogP) is 4.10. The zero-order chi connectivity index (χ0) is 33.7. The van der Waals surface area contributed by atoms with Crippen molar-refractivity contribution in [3.63, 3.8) is 0 Å². The second-order valence-corrected chi connectivity index (χ2v) is 10.6. The van der Waals surface area contributed by atoms with Gasteiger partial charge in [-0.15, -0.1) is 0 Å². The van der Waals surface area contributed by atoms with Gasteiger partial charge >= 0.3 is 12.1 Å². The van der Waals surface area contributed by atoms with Crippen LogP contribution in [0.3, 0.4) is 0 Å². The Kier molecular flexibility index (Phi) is 9.16. The van der Waals surface area contributed by atoms with Crippen molar-refractivity contribution in [2.75, 3.05) is 13.2 Å². The Bertz CT molecular complexity index is 1760. The van der Waals surface area contributed by atoms with Gasteiger partial charge in [0.05, 0.1) is 24.5 Å². The maximum absolute atomic E-state index is 14.2. The highest BCUT2D eigenvalue weighted by molar-refractivity contribution is 6.30. The highest BCUT2D eigenvalue weighted by Crippen LogP contribution is 2.41. The summed E-state index contributed by atoms with van der Waals surface area (Å²) in [5.41, 5.74) is -2.90. The van der Waals surface area contributed by atoms with Crippen molar-refractivity contribution in [3.8, 4) is 16.8 Å². The lowest BCUT2D eigenvalue weighted by Gasteiger charge is -2.42. The summed E-state index contributed by atoms with van der Waals surface area (Å²) in [5, 5.41) is 40.8. The summed E-state index contributed by atoms with van der Waals surface area (Å²) in [4.78, 5) is 17.0. The highest BCUT2D eigenvalue weighted by Gasteiger charge is 2.49. The van der Waals surface area contributed by atoms with Crippen LogP contribution in [0.15, 0.2) is 36.5 Å². The zero-order valence-corrected chi connectivity index (χ0v) is 24.5. The zero-order valence-electron chi connectivity index (χ0n) is 23.7. The minimum Gasteiger partial charge on any atom is -0.461 e. The lowest BCUT2D eigenvalue weighted by atomic mass is 9.92. The Morgan fingerprint density at radius 3 is 2.37 bits per heavy atom. The number of alkyl halides is 3. The number of nitrogens with zero attached hydrogens (tertiary/aromatic N) is 5. The second kappa shape index (κ2) is 12.6. The number of esters is 1. The van der Waals surface area contributed by atoms with Crippen LogP contribution in [-0.4, -0.2) is 77.4 Å². The van der Waals surface area contributed by atoms with Gasteiger partial charge in [-0.05, 0) is 49.7 Å². The molecule has 5 atom stereocenters. The van der Waals surface area contributed by atoms with E-state index >= 15 is 0 Å². The van der Waals surface area contributed by atoms with E-state index in [4.69, 9.17) is 21.1 Å². The molecule has 18 heteroatoms. The van der Waals surface area contributed by atoms with Crippen LogP contribution < -0.4 is 0 Å². The summed E-state index contributed by atoms with van der Waals surface area (Å²) in [6.45, 7) is 1.81. The van der Waals surface area contributed by atoms with Crippen molar-refractivity contribution < 1.29 is 55.9 Å². The average Bonchev–Trinajstić information content (AvgIpc) is 3.59. The SMILES string of the molecule is CCOC(=O)c1nn([C@@H]2C(O)[C@H](c3nc(C)nn3-c3cc(Cl)ccc3C(F)(F)F)OC(CO)[C@@H]2O)cc1-c1cc(F)c(F)c(F)c1. The van der Waals surface area contributed by atoms with E-state index in [9.17, 15) is 46.5 Å². The number of benzene rings is 2. The van der Waals surface area contributed by atoms with Gasteiger partial charge < -0.3 is 24.8 Å². The van der Waals surface area contributed by atoms with Crippen LogP contribution >= 0.6 is 11.6 Å². The van der Waals surface area contributed by atoms with E-state index in [-0.39, 0.29) is 34.4 Å². The number of ether oxygens (including phenoxy) is 2. The van der Waals surface area contributed by atoms with Gasteiger partial charge in [-0.2, -0.15) is 23.4 Å². The molecule has 0 radical (unpaired) electrons. The molecule has 0 amide bonds. The summed E-state index contributed by atoms with van der Waals surface area (Å²) < 4.78 is 96.3. The van der Waals surface area contributed by atoms with E-state index in [0.29, 0.717) is 12.1 Å². The minimum absolute atomic E-state index is 0.0477. The van der Waals surface area contributed by atoms with Crippen LogP contribution in [0.4, 0.5) is 26.3 Å². The third kappa shape index (κ3) is 6.07. The van der Waals surface area contributed by atoms with Crippen molar-refractivity contribution in [1.29, 1.82) is 0 Å². The number of carbonyl (C=O) groups excluding carboxylic acids is 1. The van der Waals surface area contributed by atoms with Crippen LogP contribution in [0.25, 0.3) is 16.8 Å². The van der Waals surface area contributed by atoms with Crippen molar-refractivity contribution in [2.45, 2.75) is 50.5 Å². The van der Waals surface area contributed by atoms with E-state index < -0.39 is 83.6 Å². The number of carbonyl (C=O) groups is 1. The Morgan fingerprint density at radius 2 is 1.76 bits per heavy atom. The third-order valence-electron chi connectivity index (χ3n) is 7.18. The first-order chi connectivity index (χ1) is 21.7. The topological polar surface area (TPSA) is 145 Å². The van der Waals surface area contributed by atoms with Gasteiger partial charge in [0.2, 0.25) is 0 Å². The molecule has 3 heterocycles. The molecule has 4 aromatic rings. The number of hydrogen-bond acceptors (Lipinski definition) is 9. The maximum atomic E-state index is 14.2. The van der Waals surface area contributed by atoms with Crippen LogP contribution in [0, 0.1) is 24.4 Å². The van der Waals surface area contributed by atoms with Gasteiger partial charge in [0, 0.05) is 16.8 Å². The first-order valence-electron chi connectivity index (χ1n) is 13.5. The van der Waals surface area contributed by atoms with Crippen LogP contribution in [0.1, 0.15) is 46.8 Å². The number of hydrogen-bond donors (Lipinski definition) is 3. The van der Waals surface area contributed by atoms with Gasteiger partial charge in [-0.1, -0.05) is 11.6 Å². The summed E-state index contributed by atoms with van der Waals surface area (Å²) in [6, 6.07) is 2.27. The summed E-state index contributed by atoms with van der Waals surface area (Å²) in [7, 11) is 0. The lowest BCUT2D eigenvalue weighted by molar-refractivity contribution is -0.210. The predicted molar refractivity (Wildman–Crippen MR) is 145 cm³/mol. The van der Waals surface area contributed by atoms with E-state index in [1.165, 1.54) is 13.8 Å². The fourth-order valence-corrected chi connectivity index (χ4v) is 5.32. The quantitative estimate of drug-likeness (QED) is 0.150. The Labute approximate surface area is 260 Å². The molecule has 2 unspecified atom stereocenters. The number of aromatic nitrogens is 5. The number of aliphatic hydroxyl groups excluding tert-OH is 3. The molecular formula is C28H24ClF6N5O6. The molecule has 11 nitrogen and oxygen atoms in total. The van der Waals surface area contributed by atoms with E-state index in [0.717, 1.165) is 33.8 Å². The van der Waals surface area contributed by atoms with E-state index in [1.54, 1.807) is 0 Å². The number of aryl methyl sites for hydroxylation is 1. The van der Waals surface area contributed by atoms with Gasteiger partial charge in [0.1, 0.15) is 36.3 Å². The van der Waals surface area contributed by atoms with Gasteiger partial charge in [0.15, 0.2) is 29.0 Å². The molecule has 0 aliphatic carbocycles. The monoisotopic (exact) mass is 675 g/mol. The largest absolute Gasteiger partial charge is 0.461 e. The Morgan fingerprint density at radius 1 is 1.09 bits per heavy atom. The molecule has 5 rings (SSSR count). The van der Waals surface area contributed by atoms with E-state index in [1.807, 2.05) is 0 Å². The number of halogens is 7. The highest BCUT2D eigenvalue weighted by atomic mass is 35.5. The Hall–Kier alpha value is -4.03. The van der Waals surface area contributed by atoms with Crippen molar-refractivity contribution in [3.05, 3.63) is 81.9 Å². The molecule has 2 aromatic carbocycles. The molecule has 46 heavy (non-hydrogen) atoms. The molecule has 1 aliphatic rings. The standard InChI is InChI=1S/C28H24ClF6N5O6/c1-3-45-27(44)21-14(12-6-16(30)20(32)17(31)7-12)9-39(38-21)22-23(42)19(10-41)46-25(24(22)43)26-36-11(2)37-40(26)18-8-13(29)4-5-15(18)28(33,34)35/h4-9,19,22-25,41-43H,3,10H2,1-2H3/t19?,22-,23-,24?,25+/m0/s1. The minimum atomic E-state index is -4.87. The number of rotatable bonds is 7. The number of aliphatic hydroxyl groups is 3. The molecule has 0 saturated carbocycles. The molecule has 1 fully saturated rings. The van der Waals surface area contributed by atoms with Crippen molar-refractivity contribution in [2.24, 2.45) is 0 Å².